The summed E-state index contributed by atoms with van der Waals surface area (Å²) in [6, 6.07) is 4.37. The predicted octanol–water partition coefficient (Wildman–Crippen LogP) is 2.66. The van der Waals surface area contributed by atoms with Gasteiger partial charge in [-0.15, -0.1) is 6.58 Å². The van der Waals surface area contributed by atoms with E-state index >= 15 is 0 Å². The molecule has 0 saturated heterocycles. The van der Waals surface area contributed by atoms with Crippen molar-refractivity contribution >= 4 is 5.82 Å². The highest BCUT2D eigenvalue weighted by atomic mass is 15.2. The van der Waals surface area contributed by atoms with Gasteiger partial charge in [0.05, 0.1) is 5.56 Å². The monoisotopic (exact) mass is 215 g/mol. The molecule has 0 aromatic carbocycles. The molecule has 1 rings (SSSR count). The predicted molar refractivity (Wildman–Crippen MR) is 66.4 cm³/mol. The lowest BCUT2D eigenvalue weighted by atomic mass is 10.1. The van der Waals surface area contributed by atoms with E-state index in [1.54, 1.807) is 6.20 Å². The number of nitrogens with zero attached hydrogens (tertiary/aromatic N) is 3. The van der Waals surface area contributed by atoms with Crippen molar-refractivity contribution in [3.8, 4) is 6.07 Å². The van der Waals surface area contributed by atoms with Gasteiger partial charge in [-0.05, 0) is 32.4 Å². The van der Waals surface area contributed by atoms with Gasteiger partial charge in [-0.2, -0.15) is 5.26 Å². The van der Waals surface area contributed by atoms with Gasteiger partial charge >= 0.3 is 0 Å². The van der Waals surface area contributed by atoms with Gasteiger partial charge in [-0.3, -0.25) is 0 Å². The van der Waals surface area contributed by atoms with Crippen molar-refractivity contribution in [2.75, 3.05) is 11.4 Å². The summed E-state index contributed by atoms with van der Waals surface area (Å²) in [6.45, 7) is 10.5. The van der Waals surface area contributed by atoms with Crippen LogP contribution in [0, 0.1) is 18.3 Å². The second-order valence-corrected chi connectivity index (χ2v) is 3.97. The van der Waals surface area contributed by atoms with E-state index in [0.717, 1.165) is 11.4 Å². The smallest absolute Gasteiger partial charge is 0.147 e. The van der Waals surface area contributed by atoms with E-state index in [1.807, 2.05) is 19.1 Å². The van der Waals surface area contributed by atoms with Gasteiger partial charge in [0.1, 0.15) is 11.9 Å². The molecule has 0 aliphatic rings. The molecule has 0 unspecified atom stereocenters. The summed E-state index contributed by atoms with van der Waals surface area (Å²) in [5, 5.41) is 9.16. The average Bonchev–Trinajstić information content (AvgIpc) is 2.25. The Balaban J connectivity index is 3.24. The fraction of sp³-hybridized carbons (Fsp3) is 0.385. The van der Waals surface area contributed by atoms with E-state index in [0.29, 0.717) is 18.2 Å². The minimum atomic E-state index is 0.291. The van der Waals surface area contributed by atoms with Crippen LogP contribution < -0.4 is 4.90 Å². The van der Waals surface area contributed by atoms with Crippen LogP contribution in [0.2, 0.25) is 0 Å². The number of pyridine rings is 1. The number of anilines is 1. The average molecular weight is 215 g/mol. The molecule has 0 aliphatic carbocycles. The number of nitriles is 1. The highest BCUT2D eigenvalue weighted by molar-refractivity contribution is 5.57. The standard InChI is InChI=1S/C13H17N3/c1-5-8-16(10(2)3)13-12(9-14)11(4)6-7-15-13/h5-7,10H,1,8H2,2-4H3. The molecule has 1 heterocycles. The van der Waals surface area contributed by atoms with Gasteiger partial charge in [0.15, 0.2) is 0 Å². The van der Waals surface area contributed by atoms with Gasteiger partial charge in [0.2, 0.25) is 0 Å². The summed E-state index contributed by atoms with van der Waals surface area (Å²) in [7, 11) is 0. The molecule has 0 aliphatic heterocycles. The Morgan fingerprint density at radius 1 is 1.62 bits per heavy atom. The lowest BCUT2D eigenvalue weighted by Crippen LogP contribution is -2.32. The second kappa shape index (κ2) is 5.32. The first kappa shape index (κ1) is 12.3. The van der Waals surface area contributed by atoms with E-state index in [1.165, 1.54) is 0 Å². The molecule has 0 atom stereocenters. The second-order valence-electron chi connectivity index (χ2n) is 3.97. The summed E-state index contributed by atoms with van der Waals surface area (Å²) >= 11 is 0. The molecule has 0 radical (unpaired) electrons. The molecule has 0 fully saturated rings. The molecule has 3 heteroatoms. The summed E-state index contributed by atoms with van der Waals surface area (Å²) in [5.74, 6) is 0.748. The molecule has 0 amide bonds. The third kappa shape index (κ3) is 2.40. The number of rotatable bonds is 4. The van der Waals surface area contributed by atoms with Crippen LogP contribution in [0.15, 0.2) is 24.9 Å². The highest BCUT2D eigenvalue weighted by Crippen LogP contribution is 2.21. The maximum Gasteiger partial charge on any atom is 0.147 e. The van der Waals surface area contributed by atoms with Crippen molar-refractivity contribution in [3.05, 3.63) is 36.0 Å². The largest absolute Gasteiger partial charge is 0.349 e. The summed E-state index contributed by atoms with van der Waals surface area (Å²) in [6.07, 6.45) is 3.56. The molecule has 1 aromatic heterocycles. The highest BCUT2D eigenvalue weighted by Gasteiger charge is 2.15. The number of aryl methyl sites for hydroxylation is 1. The first-order valence-electron chi connectivity index (χ1n) is 5.35. The van der Waals surface area contributed by atoms with Crippen molar-refractivity contribution in [1.82, 2.24) is 4.98 Å². The SMILES string of the molecule is C=CCN(c1nccc(C)c1C#N)C(C)C. The van der Waals surface area contributed by atoms with Crippen LogP contribution in [-0.2, 0) is 0 Å². The van der Waals surface area contributed by atoms with E-state index in [4.69, 9.17) is 5.26 Å². The van der Waals surface area contributed by atoms with E-state index in [-0.39, 0.29) is 0 Å². The Kier molecular flexibility index (Phi) is 4.07. The summed E-state index contributed by atoms with van der Waals surface area (Å²) < 4.78 is 0. The number of aromatic nitrogens is 1. The molecular weight excluding hydrogens is 198 g/mol. The molecule has 0 saturated carbocycles. The minimum Gasteiger partial charge on any atom is -0.349 e. The van der Waals surface area contributed by atoms with Crippen molar-refractivity contribution in [2.24, 2.45) is 0 Å². The van der Waals surface area contributed by atoms with Gasteiger partial charge in [-0.1, -0.05) is 6.08 Å². The van der Waals surface area contributed by atoms with Crippen LogP contribution in [0.5, 0.6) is 0 Å². The topological polar surface area (TPSA) is 39.9 Å². The van der Waals surface area contributed by atoms with E-state index < -0.39 is 0 Å². The van der Waals surface area contributed by atoms with Gasteiger partial charge in [-0.25, -0.2) is 4.98 Å². The summed E-state index contributed by atoms with van der Waals surface area (Å²) in [4.78, 5) is 6.37. The maximum absolute atomic E-state index is 9.16. The third-order valence-electron chi connectivity index (χ3n) is 2.47. The lowest BCUT2D eigenvalue weighted by molar-refractivity contribution is 0.711. The lowest BCUT2D eigenvalue weighted by Gasteiger charge is -2.27. The minimum absolute atomic E-state index is 0.291. The third-order valence-corrected chi connectivity index (χ3v) is 2.47. The zero-order valence-electron chi connectivity index (χ0n) is 10.1. The summed E-state index contributed by atoms with van der Waals surface area (Å²) in [5.41, 5.74) is 1.61. The van der Waals surface area contributed by atoms with Crippen molar-refractivity contribution < 1.29 is 0 Å². The van der Waals surface area contributed by atoms with Crippen LogP contribution in [0.3, 0.4) is 0 Å². The number of hydrogen-bond acceptors (Lipinski definition) is 3. The van der Waals surface area contributed by atoms with Crippen LogP contribution in [0.25, 0.3) is 0 Å². The number of hydrogen-bond donors (Lipinski definition) is 0. The molecule has 84 valence electrons. The van der Waals surface area contributed by atoms with Gasteiger partial charge in [0.25, 0.3) is 0 Å². The normalized spacial score (nSPS) is 9.94. The van der Waals surface area contributed by atoms with Crippen molar-refractivity contribution in [3.63, 3.8) is 0 Å². The van der Waals surface area contributed by atoms with Crippen LogP contribution in [0.4, 0.5) is 5.82 Å². The maximum atomic E-state index is 9.16. The molecule has 0 spiro atoms. The van der Waals surface area contributed by atoms with E-state index in [2.05, 4.69) is 36.4 Å². The Hall–Kier alpha value is -1.82. The molecule has 3 nitrogen and oxygen atoms in total. The first-order valence-corrected chi connectivity index (χ1v) is 5.35. The van der Waals surface area contributed by atoms with Crippen LogP contribution >= 0.6 is 0 Å². The zero-order valence-corrected chi connectivity index (χ0v) is 10.1. The van der Waals surface area contributed by atoms with Gasteiger partial charge < -0.3 is 4.90 Å². The molecule has 1 aromatic rings. The van der Waals surface area contributed by atoms with E-state index in [9.17, 15) is 0 Å². The van der Waals surface area contributed by atoms with Gasteiger partial charge in [0, 0.05) is 18.8 Å². The van der Waals surface area contributed by atoms with Crippen LogP contribution in [-0.4, -0.2) is 17.6 Å². The Bertz CT molecular complexity index is 416. The van der Waals surface area contributed by atoms with Crippen LogP contribution in [0.1, 0.15) is 25.0 Å². The Morgan fingerprint density at radius 3 is 2.81 bits per heavy atom. The molecule has 0 bridgehead atoms. The Morgan fingerprint density at radius 2 is 2.31 bits per heavy atom. The molecular formula is C13H17N3. The fourth-order valence-electron chi connectivity index (χ4n) is 1.58. The van der Waals surface area contributed by atoms with Crippen molar-refractivity contribution in [2.45, 2.75) is 26.8 Å². The first-order chi connectivity index (χ1) is 7.61. The molecule has 16 heavy (non-hydrogen) atoms. The molecule has 0 N–H and O–H groups in total. The fourth-order valence-corrected chi connectivity index (χ4v) is 1.58. The quantitative estimate of drug-likeness (QED) is 0.725. The Labute approximate surface area is 97.0 Å². The van der Waals surface area contributed by atoms with Crippen molar-refractivity contribution in [1.29, 1.82) is 5.26 Å². The zero-order chi connectivity index (χ0) is 12.1.